The van der Waals surface area contributed by atoms with Crippen molar-refractivity contribution in [3.05, 3.63) is 29.3 Å². The van der Waals surface area contributed by atoms with Gasteiger partial charge >= 0.3 is 0 Å². The largest absolute Gasteiger partial charge is 0.369 e. The van der Waals surface area contributed by atoms with Crippen LogP contribution >= 0.6 is 48.8 Å². The average molecular weight is 460 g/mol. The van der Waals surface area contributed by atoms with E-state index < -0.39 is 0 Å². The van der Waals surface area contributed by atoms with Gasteiger partial charge in [-0.25, -0.2) is 0 Å². The van der Waals surface area contributed by atoms with E-state index in [4.69, 9.17) is 11.6 Å². The number of benzene rings is 1. The number of anilines is 1. The van der Waals surface area contributed by atoms with Crippen LogP contribution in [0.2, 0.25) is 5.02 Å². The minimum absolute atomic E-state index is 0. The van der Waals surface area contributed by atoms with E-state index in [9.17, 15) is 4.79 Å². The number of carbonyl (C=O) groups is 1. The van der Waals surface area contributed by atoms with E-state index in [1.807, 2.05) is 12.1 Å². The van der Waals surface area contributed by atoms with Crippen molar-refractivity contribution in [2.45, 2.75) is 25.3 Å². The van der Waals surface area contributed by atoms with Crippen LogP contribution in [0.25, 0.3) is 0 Å². The monoisotopic (exact) mass is 458 g/mol. The number of nitrogens with zero attached hydrogens (tertiary/aromatic N) is 2. The first-order valence-electron chi connectivity index (χ1n) is 8.96. The summed E-state index contributed by atoms with van der Waals surface area (Å²) in [6.45, 7) is 7.01. The van der Waals surface area contributed by atoms with Crippen LogP contribution in [0.4, 0.5) is 5.69 Å². The van der Waals surface area contributed by atoms with Crippen LogP contribution in [-0.4, -0.2) is 62.7 Å². The van der Waals surface area contributed by atoms with Crippen LogP contribution in [0.1, 0.15) is 19.3 Å². The maximum atomic E-state index is 11.9. The maximum Gasteiger partial charge on any atom is 0.237 e. The molecular formula is C18H30Cl4N4O. The maximum absolute atomic E-state index is 11.9. The molecule has 0 bridgehead atoms. The SMILES string of the molecule is Cl.Cl.Cl.O=C(NCCCN1CCN(c2ccc(Cl)cc2)CC1)[C@@H]1CCCN1. The molecule has 0 spiro atoms. The summed E-state index contributed by atoms with van der Waals surface area (Å²) in [7, 11) is 0. The molecule has 2 saturated heterocycles. The zero-order valence-corrected chi connectivity index (χ0v) is 18.6. The Hall–Kier alpha value is -0.430. The number of amides is 1. The number of hydrogen-bond acceptors (Lipinski definition) is 4. The van der Waals surface area contributed by atoms with Gasteiger partial charge in [0.2, 0.25) is 5.91 Å². The second-order valence-electron chi connectivity index (χ2n) is 6.60. The van der Waals surface area contributed by atoms with Crippen LogP contribution in [-0.2, 0) is 4.79 Å². The van der Waals surface area contributed by atoms with Crippen molar-refractivity contribution in [2.24, 2.45) is 0 Å². The highest BCUT2D eigenvalue weighted by Gasteiger charge is 2.21. The van der Waals surface area contributed by atoms with Crippen LogP contribution in [0, 0.1) is 0 Å². The van der Waals surface area contributed by atoms with Gasteiger partial charge in [0, 0.05) is 43.4 Å². The van der Waals surface area contributed by atoms with E-state index in [0.29, 0.717) is 0 Å². The topological polar surface area (TPSA) is 47.6 Å². The number of hydrogen-bond donors (Lipinski definition) is 2. The van der Waals surface area contributed by atoms with E-state index in [1.54, 1.807) is 0 Å². The van der Waals surface area contributed by atoms with E-state index in [0.717, 1.165) is 70.1 Å². The molecule has 0 saturated carbocycles. The molecule has 27 heavy (non-hydrogen) atoms. The molecule has 9 heteroatoms. The minimum atomic E-state index is 0. The first kappa shape index (κ1) is 26.6. The van der Waals surface area contributed by atoms with E-state index in [2.05, 4.69) is 32.6 Å². The molecule has 3 rings (SSSR count). The Morgan fingerprint density at radius 3 is 2.37 bits per heavy atom. The van der Waals surface area contributed by atoms with Crippen molar-refractivity contribution in [1.82, 2.24) is 15.5 Å². The molecule has 0 aliphatic carbocycles. The van der Waals surface area contributed by atoms with E-state index in [1.165, 1.54) is 5.69 Å². The number of rotatable bonds is 6. The molecule has 0 radical (unpaired) electrons. The Kier molecular flexibility index (Phi) is 13.5. The number of halogens is 4. The molecule has 0 aromatic heterocycles. The Morgan fingerprint density at radius 1 is 1.11 bits per heavy atom. The molecule has 2 fully saturated rings. The van der Waals surface area contributed by atoms with Gasteiger partial charge in [-0.2, -0.15) is 0 Å². The molecular weight excluding hydrogens is 430 g/mol. The van der Waals surface area contributed by atoms with Crippen molar-refractivity contribution in [3.63, 3.8) is 0 Å². The van der Waals surface area contributed by atoms with E-state index >= 15 is 0 Å². The summed E-state index contributed by atoms with van der Waals surface area (Å²) in [5, 5.41) is 7.07. The van der Waals surface area contributed by atoms with Gasteiger partial charge in [-0.15, -0.1) is 37.2 Å². The van der Waals surface area contributed by atoms with Gasteiger partial charge in [0.1, 0.15) is 0 Å². The first-order valence-corrected chi connectivity index (χ1v) is 9.34. The fourth-order valence-corrected chi connectivity index (χ4v) is 3.55. The lowest BCUT2D eigenvalue weighted by molar-refractivity contribution is -0.122. The third kappa shape index (κ3) is 8.22. The molecule has 1 atom stereocenters. The smallest absolute Gasteiger partial charge is 0.237 e. The van der Waals surface area contributed by atoms with Crippen molar-refractivity contribution >= 4 is 60.4 Å². The standard InChI is InChI=1S/C18H27ClN4O.3ClH/c19-15-4-6-16(7-5-15)23-13-11-22(12-14-23)10-2-9-21-18(24)17-3-1-8-20-17;;;/h4-7,17,20H,1-3,8-14H2,(H,21,24);3*1H/t17-;;;/m0.../s1. The van der Waals surface area contributed by atoms with Gasteiger partial charge in [-0.05, 0) is 56.6 Å². The van der Waals surface area contributed by atoms with E-state index in [-0.39, 0.29) is 49.2 Å². The second kappa shape index (κ2) is 13.7. The highest BCUT2D eigenvalue weighted by atomic mass is 35.5. The zero-order valence-electron chi connectivity index (χ0n) is 15.4. The lowest BCUT2D eigenvalue weighted by Crippen LogP contribution is -2.47. The second-order valence-corrected chi connectivity index (χ2v) is 7.04. The summed E-state index contributed by atoms with van der Waals surface area (Å²) in [4.78, 5) is 16.8. The molecule has 0 unspecified atom stereocenters. The molecule has 2 aliphatic heterocycles. The zero-order chi connectivity index (χ0) is 16.8. The molecule has 1 aromatic carbocycles. The number of piperazine rings is 1. The third-order valence-electron chi connectivity index (χ3n) is 4.89. The molecule has 2 heterocycles. The van der Waals surface area contributed by atoms with Crippen molar-refractivity contribution < 1.29 is 4.79 Å². The molecule has 2 aliphatic rings. The highest BCUT2D eigenvalue weighted by molar-refractivity contribution is 6.30. The Morgan fingerprint density at radius 2 is 1.78 bits per heavy atom. The Labute approximate surface area is 185 Å². The van der Waals surface area contributed by atoms with Gasteiger partial charge in [0.25, 0.3) is 0 Å². The third-order valence-corrected chi connectivity index (χ3v) is 5.14. The molecule has 156 valence electrons. The van der Waals surface area contributed by atoms with Gasteiger partial charge in [-0.3, -0.25) is 9.69 Å². The van der Waals surface area contributed by atoms with Gasteiger partial charge in [-0.1, -0.05) is 11.6 Å². The lowest BCUT2D eigenvalue weighted by atomic mass is 10.2. The quantitative estimate of drug-likeness (QED) is 0.642. The van der Waals surface area contributed by atoms with Gasteiger partial charge in [0.05, 0.1) is 6.04 Å². The predicted octanol–water partition coefficient (Wildman–Crippen LogP) is 2.99. The summed E-state index contributed by atoms with van der Waals surface area (Å²) in [6, 6.07) is 8.11. The number of nitrogens with one attached hydrogen (secondary N) is 2. The number of carbonyl (C=O) groups excluding carboxylic acids is 1. The predicted molar refractivity (Wildman–Crippen MR) is 121 cm³/mol. The van der Waals surface area contributed by atoms with Crippen molar-refractivity contribution in [1.29, 1.82) is 0 Å². The summed E-state index contributed by atoms with van der Waals surface area (Å²) in [6.07, 6.45) is 3.09. The average Bonchev–Trinajstić information content (AvgIpc) is 3.15. The minimum Gasteiger partial charge on any atom is -0.369 e. The molecule has 1 amide bonds. The molecule has 2 N–H and O–H groups in total. The Bertz CT molecular complexity index is 533. The summed E-state index contributed by atoms with van der Waals surface area (Å²) in [5.41, 5.74) is 1.25. The molecule has 5 nitrogen and oxygen atoms in total. The fraction of sp³-hybridized carbons (Fsp3) is 0.611. The van der Waals surface area contributed by atoms with Crippen LogP contribution in [0.3, 0.4) is 0 Å². The fourth-order valence-electron chi connectivity index (χ4n) is 3.43. The van der Waals surface area contributed by atoms with Crippen molar-refractivity contribution in [2.75, 3.05) is 50.7 Å². The van der Waals surface area contributed by atoms with Crippen LogP contribution in [0.15, 0.2) is 24.3 Å². The summed E-state index contributed by atoms with van der Waals surface area (Å²) >= 11 is 5.95. The molecule has 1 aromatic rings. The summed E-state index contributed by atoms with van der Waals surface area (Å²) in [5.74, 6) is 0.167. The highest BCUT2D eigenvalue weighted by Crippen LogP contribution is 2.19. The normalized spacial score (nSPS) is 19.4. The van der Waals surface area contributed by atoms with Crippen LogP contribution in [0.5, 0.6) is 0 Å². The van der Waals surface area contributed by atoms with Gasteiger partial charge in [0.15, 0.2) is 0 Å². The van der Waals surface area contributed by atoms with Gasteiger partial charge < -0.3 is 15.5 Å². The Balaban J connectivity index is 0.00000225. The lowest BCUT2D eigenvalue weighted by Gasteiger charge is -2.36. The van der Waals surface area contributed by atoms with Crippen molar-refractivity contribution in [3.8, 4) is 0 Å². The van der Waals surface area contributed by atoms with Crippen LogP contribution < -0.4 is 15.5 Å². The summed E-state index contributed by atoms with van der Waals surface area (Å²) < 4.78 is 0. The first-order chi connectivity index (χ1) is 11.7.